The molecule has 34 heavy (non-hydrogen) atoms. The summed E-state index contributed by atoms with van der Waals surface area (Å²) in [5.41, 5.74) is 0.815. The second-order valence-electron chi connectivity index (χ2n) is 8.72. The Morgan fingerprint density at radius 1 is 0.529 bits per heavy atom. The maximum absolute atomic E-state index is 9.79. The summed E-state index contributed by atoms with van der Waals surface area (Å²) in [6.45, 7) is 7.71. The van der Waals surface area contributed by atoms with Gasteiger partial charge >= 0.3 is 0 Å². The maximum atomic E-state index is 9.79. The zero-order chi connectivity index (χ0) is 22.8. The summed E-state index contributed by atoms with van der Waals surface area (Å²) in [4.78, 5) is 3.70. The Morgan fingerprint density at radius 3 is 1.56 bits per heavy atom. The van der Waals surface area contributed by atoms with E-state index in [9.17, 15) is 5.26 Å². The van der Waals surface area contributed by atoms with Crippen molar-refractivity contribution in [3.05, 3.63) is 114 Å². The first-order valence-corrected chi connectivity index (χ1v) is 11.2. The molecule has 0 radical (unpaired) electrons. The fourth-order valence-electron chi connectivity index (χ4n) is 5.57. The average Bonchev–Trinajstić information content (AvgIpc) is 2.91. The molecule has 0 N–H and O–H groups in total. The summed E-state index contributed by atoms with van der Waals surface area (Å²) in [6.07, 6.45) is 0. The molecule has 0 atom stereocenters. The van der Waals surface area contributed by atoms with Crippen LogP contribution in [0.5, 0.6) is 0 Å². The lowest BCUT2D eigenvalue weighted by Gasteiger charge is -2.17. The van der Waals surface area contributed by atoms with E-state index in [1.165, 1.54) is 32.3 Å². The SMILES string of the molecule is [C-]#[N+]c1cc2c(cc1C#N)c1cc3ccccc3cc1c1c3ccccc3c3ccccc3c21. The molecule has 0 aliphatic rings. The van der Waals surface area contributed by atoms with E-state index in [0.717, 1.165) is 32.3 Å². The van der Waals surface area contributed by atoms with Crippen molar-refractivity contribution >= 4 is 70.3 Å². The summed E-state index contributed by atoms with van der Waals surface area (Å²) in [5, 5.41) is 23.6. The minimum Gasteiger partial charge on any atom is -0.237 e. The van der Waals surface area contributed by atoms with Crippen LogP contribution in [0.25, 0.3) is 69.5 Å². The summed E-state index contributed by atoms with van der Waals surface area (Å²) in [5.74, 6) is 0. The fourth-order valence-corrected chi connectivity index (χ4v) is 5.57. The van der Waals surface area contributed by atoms with Gasteiger partial charge in [-0.2, -0.15) is 5.26 Å². The molecule has 0 aliphatic heterocycles. The maximum Gasteiger partial charge on any atom is 0.205 e. The highest BCUT2D eigenvalue weighted by Gasteiger charge is 2.18. The van der Waals surface area contributed by atoms with Crippen molar-refractivity contribution in [3.8, 4) is 6.07 Å². The molecule has 2 heteroatoms. The molecule has 7 aromatic carbocycles. The highest BCUT2D eigenvalue weighted by atomic mass is 14.6. The van der Waals surface area contributed by atoms with Gasteiger partial charge in [-0.3, -0.25) is 0 Å². The van der Waals surface area contributed by atoms with E-state index >= 15 is 0 Å². The summed E-state index contributed by atoms with van der Waals surface area (Å²) < 4.78 is 0. The van der Waals surface area contributed by atoms with Crippen molar-refractivity contribution in [2.75, 3.05) is 0 Å². The Labute approximate surface area is 195 Å². The highest BCUT2D eigenvalue weighted by Crippen LogP contribution is 2.45. The molecule has 0 amide bonds. The molecule has 0 aromatic heterocycles. The first-order chi connectivity index (χ1) is 16.8. The molecule has 7 rings (SSSR count). The molecule has 0 saturated heterocycles. The molecule has 0 unspecified atom stereocenters. The van der Waals surface area contributed by atoms with Crippen LogP contribution in [0.3, 0.4) is 0 Å². The lowest BCUT2D eigenvalue weighted by Crippen LogP contribution is -1.90. The molecule has 154 valence electrons. The molecule has 2 nitrogen and oxygen atoms in total. The van der Waals surface area contributed by atoms with Crippen molar-refractivity contribution in [2.45, 2.75) is 0 Å². The molecule has 0 saturated carbocycles. The summed E-state index contributed by atoms with van der Waals surface area (Å²) >= 11 is 0. The minimum atomic E-state index is 0.397. The van der Waals surface area contributed by atoms with Crippen LogP contribution >= 0.6 is 0 Å². The van der Waals surface area contributed by atoms with Crippen molar-refractivity contribution in [2.24, 2.45) is 0 Å². The highest BCUT2D eigenvalue weighted by molar-refractivity contribution is 6.40. The Bertz CT molecular complexity index is 2090. The van der Waals surface area contributed by atoms with Crippen LogP contribution in [0.1, 0.15) is 5.56 Å². The Morgan fingerprint density at radius 2 is 1.00 bits per heavy atom. The van der Waals surface area contributed by atoms with Gasteiger partial charge in [0.05, 0.1) is 18.2 Å². The predicted molar refractivity (Wildman–Crippen MR) is 142 cm³/mol. The van der Waals surface area contributed by atoms with Crippen molar-refractivity contribution in [3.63, 3.8) is 0 Å². The van der Waals surface area contributed by atoms with Crippen LogP contribution < -0.4 is 0 Å². The first-order valence-electron chi connectivity index (χ1n) is 11.2. The van der Waals surface area contributed by atoms with Gasteiger partial charge in [-0.25, -0.2) is 4.85 Å². The fraction of sp³-hybridized carbons (Fsp3) is 0. The van der Waals surface area contributed by atoms with E-state index < -0.39 is 0 Å². The molecule has 0 heterocycles. The van der Waals surface area contributed by atoms with Crippen LogP contribution in [-0.2, 0) is 0 Å². The molecular formula is C32H16N2. The van der Waals surface area contributed by atoms with Gasteiger partial charge in [-0.05, 0) is 88.9 Å². The third-order valence-electron chi connectivity index (χ3n) is 7.02. The van der Waals surface area contributed by atoms with Gasteiger partial charge in [0.1, 0.15) is 0 Å². The third-order valence-corrected chi connectivity index (χ3v) is 7.02. The van der Waals surface area contributed by atoms with Crippen molar-refractivity contribution in [1.82, 2.24) is 0 Å². The van der Waals surface area contributed by atoms with E-state index in [0.29, 0.717) is 11.3 Å². The molecule has 0 fully saturated rings. The monoisotopic (exact) mass is 428 g/mol. The molecule has 0 spiro atoms. The smallest absolute Gasteiger partial charge is 0.205 e. The molecule has 0 bridgehead atoms. The topological polar surface area (TPSA) is 28.1 Å². The third kappa shape index (κ3) is 2.37. The van der Waals surface area contributed by atoms with Gasteiger partial charge in [0, 0.05) is 0 Å². The average molecular weight is 428 g/mol. The Kier molecular flexibility index (Phi) is 3.72. The van der Waals surface area contributed by atoms with E-state index in [1.807, 2.05) is 12.1 Å². The normalized spacial score (nSPS) is 11.5. The number of nitriles is 1. The van der Waals surface area contributed by atoms with E-state index in [2.05, 4.69) is 95.8 Å². The Hall–Kier alpha value is -4.92. The van der Waals surface area contributed by atoms with Gasteiger partial charge in [-0.1, -0.05) is 72.8 Å². The largest absolute Gasteiger partial charge is 0.237 e. The minimum absolute atomic E-state index is 0.397. The lowest BCUT2D eigenvalue weighted by atomic mass is 9.86. The van der Waals surface area contributed by atoms with Gasteiger partial charge in [0.25, 0.3) is 0 Å². The zero-order valence-electron chi connectivity index (χ0n) is 18.1. The number of rotatable bonds is 0. The van der Waals surface area contributed by atoms with Gasteiger partial charge in [0.2, 0.25) is 5.69 Å². The zero-order valence-corrected chi connectivity index (χ0v) is 18.1. The van der Waals surface area contributed by atoms with Gasteiger partial charge in [-0.15, -0.1) is 0 Å². The predicted octanol–water partition coefficient (Wildman–Crippen LogP) is 9.03. The van der Waals surface area contributed by atoms with Crippen LogP contribution in [-0.4, -0.2) is 0 Å². The summed E-state index contributed by atoms with van der Waals surface area (Å²) in [6, 6.07) is 36.1. The Balaban J connectivity index is 1.93. The van der Waals surface area contributed by atoms with Crippen molar-refractivity contribution in [1.29, 1.82) is 5.26 Å². The number of hydrogen-bond acceptors (Lipinski definition) is 1. The van der Waals surface area contributed by atoms with Crippen LogP contribution in [0.2, 0.25) is 0 Å². The second-order valence-corrected chi connectivity index (χ2v) is 8.72. The van der Waals surface area contributed by atoms with Crippen LogP contribution in [0.4, 0.5) is 5.69 Å². The second kappa shape index (κ2) is 6.79. The van der Waals surface area contributed by atoms with Crippen molar-refractivity contribution < 1.29 is 0 Å². The number of benzene rings is 7. The molecular weight excluding hydrogens is 412 g/mol. The number of fused-ring (bicyclic) bond motifs is 12. The van der Waals surface area contributed by atoms with Crippen LogP contribution in [0, 0.1) is 17.9 Å². The lowest BCUT2D eigenvalue weighted by molar-refractivity contribution is 1.50. The number of hydrogen-bond donors (Lipinski definition) is 0. The quantitative estimate of drug-likeness (QED) is 0.134. The first kappa shape index (κ1) is 18.6. The van der Waals surface area contributed by atoms with E-state index in [4.69, 9.17) is 6.57 Å². The standard InChI is InChI=1S/C32H16N2/c1-34-30-17-29-27(16-21(30)18-33)26-14-19-8-2-3-9-20(19)15-28(26)31-24-12-6-4-10-22(24)23-11-5-7-13-25(23)32(29)31/h2-17H. The molecule has 7 aromatic rings. The van der Waals surface area contributed by atoms with Gasteiger partial charge < -0.3 is 0 Å². The van der Waals surface area contributed by atoms with E-state index in [-0.39, 0.29) is 0 Å². The molecule has 0 aliphatic carbocycles. The summed E-state index contributed by atoms with van der Waals surface area (Å²) in [7, 11) is 0. The number of nitrogens with zero attached hydrogens (tertiary/aromatic N) is 2. The van der Waals surface area contributed by atoms with Crippen LogP contribution in [0.15, 0.2) is 97.1 Å². The van der Waals surface area contributed by atoms with E-state index in [1.54, 1.807) is 0 Å². The van der Waals surface area contributed by atoms with Gasteiger partial charge in [0.15, 0.2) is 0 Å².